The number of nitrogens with two attached hydrogens (primary N) is 1. The van der Waals surface area contributed by atoms with E-state index in [1.54, 1.807) is 4.90 Å². The predicted molar refractivity (Wildman–Crippen MR) is 86.0 cm³/mol. The number of aryl methyl sites for hydroxylation is 2. The van der Waals surface area contributed by atoms with Crippen molar-refractivity contribution in [2.45, 2.75) is 19.8 Å². The highest BCUT2D eigenvalue weighted by Crippen LogP contribution is 2.29. The first-order valence-corrected chi connectivity index (χ1v) is 7.59. The normalized spacial score (nSPS) is 14.7. The average molecular weight is 335 g/mol. The summed E-state index contributed by atoms with van der Waals surface area (Å²) in [6.45, 7) is 4.79. The number of nitrogens with zero attached hydrogens (tertiary/aromatic N) is 3. The van der Waals surface area contributed by atoms with Gasteiger partial charge in [-0.05, 0) is 32.0 Å². The van der Waals surface area contributed by atoms with Gasteiger partial charge in [-0.2, -0.15) is 0 Å². The van der Waals surface area contributed by atoms with Gasteiger partial charge in [0.2, 0.25) is 0 Å². The summed E-state index contributed by atoms with van der Waals surface area (Å²) in [6, 6.07) is 4.39. The van der Waals surface area contributed by atoms with E-state index in [2.05, 4.69) is 9.97 Å². The topological polar surface area (TPSA) is 72.1 Å². The Kier molecular flexibility index (Phi) is 3.93. The minimum atomic E-state index is -0.685. The largest absolute Gasteiger partial charge is 0.396 e. The fraction of sp³-hybridized carbons (Fsp3) is 0.312. The Balaban J connectivity index is 1.75. The van der Waals surface area contributed by atoms with Crippen LogP contribution in [0, 0.1) is 19.7 Å². The van der Waals surface area contributed by atoms with Gasteiger partial charge in [0.15, 0.2) is 0 Å². The highest BCUT2D eigenvalue weighted by Gasteiger charge is 2.35. The zero-order chi connectivity index (χ0) is 16.7. The Morgan fingerprint density at radius 3 is 2.48 bits per heavy atom. The maximum Gasteiger partial charge on any atom is 0.256 e. The van der Waals surface area contributed by atoms with Crippen molar-refractivity contribution >= 4 is 23.2 Å². The number of rotatable bonds is 2. The smallest absolute Gasteiger partial charge is 0.256 e. The molecule has 1 aromatic heterocycles. The van der Waals surface area contributed by atoms with E-state index in [9.17, 15) is 9.18 Å². The molecule has 0 atom stereocenters. The molecule has 1 fully saturated rings. The van der Waals surface area contributed by atoms with E-state index < -0.39 is 5.82 Å². The summed E-state index contributed by atoms with van der Waals surface area (Å²) < 4.78 is 13.6. The molecular formula is C16H16ClFN4O. The van der Waals surface area contributed by atoms with Gasteiger partial charge in [0.1, 0.15) is 11.6 Å². The number of hydrogen-bond acceptors (Lipinski definition) is 4. The summed E-state index contributed by atoms with van der Waals surface area (Å²) in [6.07, 6.45) is 0. The molecule has 0 aliphatic carbocycles. The summed E-state index contributed by atoms with van der Waals surface area (Å²) in [4.78, 5) is 22.9. The van der Waals surface area contributed by atoms with Crippen LogP contribution in [-0.4, -0.2) is 33.9 Å². The maximum atomic E-state index is 13.6. The fourth-order valence-electron chi connectivity index (χ4n) is 2.68. The molecule has 2 heterocycles. The van der Waals surface area contributed by atoms with Gasteiger partial charge in [0, 0.05) is 29.5 Å². The minimum Gasteiger partial charge on any atom is -0.396 e. The van der Waals surface area contributed by atoms with E-state index in [-0.39, 0.29) is 28.1 Å². The second kappa shape index (κ2) is 5.77. The molecule has 1 aliphatic heterocycles. The van der Waals surface area contributed by atoms with Crippen LogP contribution in [0.25, 0.3) is 0 Å². The van der Waals surface area contributed by atoms with Crippen LogP contribution in [0.2, 0.25) is 5.02 Å². The molecule has 2 N–H and O–H groups in total. The molecule has 0 spiro atoms. The number of nitrogen functional groups attached to an aromatic ring is 1. The van der Waals surface area contributed by atoms with Crippen molar-refractivity contribution in [2.75, 3.05) is 18.8 Å². The highest BCUT2D eigenvalue weighted by atomic mass is 35.5. The van der Waals surface area contributed by atoms with Crippen molar-refractivity contribution in [3.05, 3.63) is 51.8 Å². The van der Waals surface area contributed by atoms with Gasteiger partial charge >= 0.3 is 0 Å². The number of aromatic nitrogens is 2. The second-order valence-electron chi connectivity index (χ2n) is 5.76. The van der Waals surface area contributed by atoms with E-state index in [1.807, 2.05) is 19.9 Å². The van der Waals surface area contributed by atoms with Gasteiger partial charge in [0.25, 0.3) is 5.91 Å². The Morgan fingerprint density at radius 2 is 1.87 bits per heavy atom. The lowest BCUT2D eigenvalue weighted by molar-refractivity contribution is 0.0595. The van der Waals surface area contributed by atoms with Gasteiger partial charge in [-0.3, -0.25) is 4.79 Å². The van der Waals surface area contributed by atoms with Crippen LogP contribution in [0.4, 0.5) is 10.1 Å². The molecule has 1 saturated heterocycles. The van der Waals surface area contributed by atoms with Gasteiger partial charge < -0.3 is 10.6 Å². The Bertz CT molecular complexity index is 770. The van der Waals surface area contributed by atoms with E-state index in [1.165, 1.54) is 6.07 Å². The average Bonchev–Trinajstić information content (AvgIpc) is 2.40. The summed E-state index contributed by atoms with van der Waals surface area (Å²) in [5.74, 6) is -0.195. The van der Waals surface area contributed by atoms with Crippen LogP contribution < -0.4 is 5.73 Å². The van der Waals surface area contributed by atoms with Gasteiger partial charge in [0.05, 0.1) is 17.2 Å². The summed E-state index contributed by atoms with van der Waals surface area (Å²) in [7, 11) is 0. The Hall–Kier alpha value is -2.21. The molecule has 1 amide bonds. The summed E-state index contributed by atoms with van der Waals surface area (Å²) in [5.41, 5.74) is 7.37. The Morgan fingerprint density at radius 1 is 1.26 bits per heavy atom. The van der Waals surface area contributed by atoms with Crippen molar-refractivity contribution in [1.29, 1.82) is 0 Å². The SMILES string of the molecule is Cc1cc(C)nc(C2CN(C(=O)c3cc(Cl)cc(F)c3N)C2)n1. The van der Waals surface area contributed by atoms with Crippen molar-refractivity contribution in [1.82, 2.24) is 14.9 Å². The summed E-state index contributed by atoms with van der Waals surface area (Å²) >= 11 is 5.81. The van der Waals surface area contributed by atoms with E-state index in [0.717, 1.165) is 23.3 Å². The molecule has 120 valence electrons. The number of carbonyl (C=O) groups excluding carboxylic acids is 1. The molecular weight excluding hydrogens is 319 g/mol. The number of hydrogen-bond donors (Lipinski definition) is 1. The molecule has 0 unspecified atom stereocenters. The molecule has 7 heteroatoms. The van der Waals surface area contributed by atoms with Crippen LogP contribution in [0.1, 0.15) is 33.5 Å². The second-order valence-corrected chi connectivity index (χ2v) is 6.20. The number of benzene rings is 1. The number of anilines is 1. The van der Waals surface area contributed by atoms with Crippen molar-refractivity contribution in [2.24, 2.45) is 0 Å². The van der Waals surface area contributed by atoms with Crippen LogP contribution in [0.15, 0.2) is 18.2 Å². The lowest BCUT2D eigenvalue weighted by Gasteiger charge is -2.38. The van der Waals surface area contributed by atoms with Crippen LogP contribution in [-0.2, 0) is 0 Å². The van der Waals surface area contributed by atoms with Crippen molar-refractivity contribution < 1.29 is 9.18 Å². The lowest BCUT2D eigenvalue weighted by Crippen LogP contribution is -2.49. The maximum absolute atomic E-state index is 13.6. The highest BCUT2D eigenvalue weighted by molar-refractivity contribution is 6.31. The van der Waals surface area contributed by atoms with Crippen molar-refractivity contribution in [3.8, 4) is 0 Å². The van der Waals surface area contributed by atoms with Crippen LogP contribution in [0.5, 0.6) is 0 Å². The molecule has 0 saturated carbocycles. The third-order valence-electron chi connectivity index (χ3n) is 3.86. The first-order valence-electron chi connectivity index (χ1n) is 7.21. The fourth-order valence-corrected chi connectivity index (χ4v) is 2.88. The van der Waals surface area contributed by atoms with Crippen LogP contribution >= 0.6 is 11.6 Å². The number of amides is 1. The first-order chi connectivity index (χ1) is 10.8. The van der Waals surface area contributed by atoms with Gasteiger partial charge in [-0.25, -0.2) is 14.4 Å². The molecule has 1 aliphatic rings. The lowest BCUT2D eigenvalue weighted by atomic mass is 9.97. The summed E-state index contributed by atoms with van der Waals surface area (Å²) in [5, 5.41) is 0.148. The number of likely N-dealkylation sites (tertiary alicyclic amines) is 1. The number of carbonyl (C=O) groups is 1. The monoisotopic (exact) mass is 334 g/mol. The molecule has 0 radical (unpaired) electrons. The van der Waals surface area contributed by atoms with Gasteiger partial charge in [-0.1, -0.05) is 11.6 Å². The van der Waals surface area contributed by atoms with Crippen molar-refractivity contribution in [3.63, 3.8) is 0 Å². The quantitative estimate of drug-likeness (QED) is 0.857. The Labute approximate surface area is 138 Å². The molecule has 2 aromatic rings. The third kappa shape index (κ3) is 2.99. The zero-order valence-corrected chi connectivity index (χ0v) is 13.6. The van der Waals surface area contributed by atoms with Gasteiger partial charge in [-0.15, -0.1) is 0 Å². The zero-order valence-electron chi connectivity index (χ0n) is 12.8. The molecule has 1 aromatic carbocycles. The standard InChI is InChI=1S/C16H16ClFN4O/c1-8-3-9(2)21-15(20-8)10-6-22(7-10)16(23)12-4-11(17)5-13(18)14(12)19/h3-5,10H,6-7,19H2,1-2H3. The minimum absolute atomic E-state index is 0.0859. The van der Waals surface area contributed by atoms with E-state index in [4.69, 9.17) is 17.3 Å². The third-order valence-corrected chi connectivity index (χ3v) is 4.08. The van der Waals surface area contributed by atoms with E-state index >= 15 is 0 Å². The van der Waals surface area contributed by atoms with E-state index in [0.29, 0.717) is 13.1 Å². The van der Waals surface area contributed by atoms with Crippen LogP contribution in [0.3, 0.4) is 0 Å². The number of halogens is 2. The molecule has 3 rings (SSSR count). The first kappa shape index (κ1) is 15.7. The predicted octanol–water partition coefficient (Wildman–Crippen LogP) is 2.71. The molecule has 23 heavy (non-hydrogen) atoms. The molecule has 5 nitrogen and oxygen atoms in total. The molecule has 0 bridgehead atoms.